The van der Waals surface area contributed by atoms with Crippen molar-refractivity contribution in [1.82, 2.24) is 0 Å². The Morgan fingerprint density at radius 3 is 2.12 bits per heavy atom. The van der Waals surface area contributed by atoms with Crippen LogP contribution in [-0.4, -0.2) is 0 Å². The quantitative estimate of drug-likeness (QED) is 0.686. The molecule has 1 fully saturated rings. The summed E-state index contributed by atoms with van der Waals surface area (Å²) in [5.41, 5.74) is 0.317. The Balaban J connectivity index is 2.14. The molecule has 2 rings (SSSR count). The van der Waals surface area contributed by atoms with Crippen molar-refractivity contribution < 1.29 is 8.78 Å². The molecule has 1 aliphatic carbocycles. The molecule has 1 aromatic rings. The van der Waals surface area contributed by atoms with Crippen molar-refractivity contribution in [3.05, 3.63) is 35.4 Å². The largest absolute Gasteiger partial charge is 0.207 e. The average Bonchev–Trinajstić information content (AvgIpc) is 2.30. The highest BCUT2D eigenvalue weighted by molar-refractivity contribution is 5.24. The molecule has 0 radical (unpaired) electrons. The third-order valence-corrected chi connectivity index (χ3v) is 3.83. The Hall–Kier alpha value is -0.920. The van der Waals surface area contributed by atoms with Crippen molar-refractivity contribution in [3.63, 3.8) is 0 Å². The zero-order valence-corrected chi connectivity index (χ0v) is 9.68. The van der Waals surface area contributed by atoms with Gasteiger partial charge in [-0.2, -0.15) is 0 Å². The molecule has 0 spiro atoms. The van der Waals surface area contributed by atoms with Crippen LogP contribution in [0.15, 0.2) is 18.2 Å². The van der Waals surface area contributed by atoms with Gasteiger partial charge < -0.3 is 0 Å². The molecule has 0 bridgehead atoms. The van der Waals surface area contributed by atoms with Crippen LogP contribution < -0.4 is 0 Å². The molecule has 1 aromatic carbocycles. The number of rotatable bonds is 2. The van der Waals surface area contributed by atoms with Crippen LogP contribution in [0.4, 0.5) is 8.78 Å². The van der Waals surface area contributed by atoms with E-state index in [1.807, 2.05) is 0 Å². The van der Waals surface area contributed by atoms with Gasteiger partial charge in [-0.05, 0) is 49.7 Å². The second-order valence-electron chi connectivity index (χ2n) is 4.76. The standard InChI is InChI=1S/C14H18F2/c1-2-10-6-8-11(9-7-10)14-12(15)4-3-5-13(14)16/h3-5,10-11H,2,6-9H2,1H3. The first kappa shape index (κ1) is 11.6. The second kappa shape index (κ2) is 4.94. The lowest BCUT2D eigenvalue weighted by Crippen LogP contribution is -2.14. The summed E-state index contributed by atoms with van der Waals surface area (Å²) >= 11 is 0. The van der Waals surface area contributed by atoms with E-state index in [0.717, 1.165) is 31.6 Å². The maximum absolute atomic E-state index is 13.6. The first-order valence-corrected chi connectivity index (χ1v) is 6.16. The topological polar surface area (TPSA) is 0 Å². The van der Waals surface area contributed by atoms with Gasteiger partial charge in [-0.15, -0.1) is 0 Å². The molecule has 0 atom stereocenters. The van der Waals surface area contributed by atoms with Crippen LogP contribution in [0.1, 0.15) is 50.5 Å². The fraction of sp³-hybridized carbons (Fsp3) is 0.571. The lowest BCUT2D eigenvalue weighted by atomic mass is 9.77. The predicted octanol–water partition coefficient (Wildman–Crippen LogP) is 4.65. The molecule has 2 heteroatoms. The first-order valence-electron chi connectivity index (χ1n) is 6.16. The summed E-state index contributed by atoms with van der Waals surface area (Å²) in [6.45, 7) is 2.19. The van der Waals surface area contributed by atoms with Crippen molar-refractivity contribution in [2.24, 2.45) is 5.92 Å². The number of benzene rings is 1. The monoisotopic (exact) mass is 224 g/mol. The number of hydrogen-bond acceptors (Lipinski definition) is 0. The summed E-state index contributed by atoms with van der Waals surface area (Å²) in [6, 6.07) is 4.17. The van der Waals surface area contributed by atoms with Gasteiger partial charge >= 0.3 is 0 Å². The lowest BCUT2D eigenvalue weighted by Gasteiger charge is -2.28. The zero-order chi connectivity index (χ0) is 11.5. The molecule has 0 heterocycles. The van der Waals surface area contributed by atoms with E-state index >= 15 is 0 Å². The molecule has 88 valence electrons. The normalized spacial score (nSPS) is 25.7. The van der Waals surface area contributed by atoms with E-state index < -0.39 is 0 Å². The van der Waals surface area contributed by atoms with Gasteiger partial charge in [-0.25, -0.2) is 8.78 Å². The van der Waals surface area contributed by atoms with Crippen LogP contribution in [0.25, 0.3) is 0 Å². The van der Waals surface area contributed by atoms with E-state index in [2.05, 4.69) is 6.92 Å². The Bertz CT molecular complexity index is 332. The summed E-state index contributed by atoms with van der Waals surface area (Å²) in [7, 11) is 0. The van der Waals surface area contributed by atoms with Crippen molar-refractivity contribution >= 4 is 0 Å². The van der Waals surface area contributed by atoms with Gasteiger partial charge in [0.2, 0.25) is 0 Å². The molecule has 0 nitrogen and oxygen atoms in total. The fourth-order valence-electron chi connectivity index (χ4n) is 2.76. The molecule has 0 aromatic heterocycles. The number of halogens is 2. The van der Waals surface area contributed by atoms with E-state index in [1.54, 1.807) is 0 Å². The summed E-state index contributed by atoms with van der Waals surface area (Å²) in [6.07, 6.45) is 5.25. The van der Waals surface area contributed by atoms with Crippen LogP contribution in [0.2, 0.25) is 0 Å². The summed E-state index contributed by atoms with van der Waals surface area (Å²) < 4.78 is 27.1. The molecule has 0 N–H and O–H groups in total. The SMILES string of the molecule is CCC1CCC(c2c(F)cccc2F)CC1. The molecular weight excluding hydrogens is 206 g/mol. The Kier molecular flexibility index (Phi) is 3.57. The van der Waals surface area contributed by atoms with Crippen LogP contribution in [0.5, 0.6) is 0 Å². The molecule has 0 aliphatic heterocycles. The zero-order valence-electron chi connectivity index (χ0n) is 9.68. The molecule has 0 amide bonds. The van der Waals surface area contributed by atoms with Crippen molar-refractivity contribution in [2.75, 3.05) is 0 Å². The fourth-order valence-corrected chi connectivity index (χ4v) is 2.76. The minimum atomic E-state index is -0.375. The van der Waals surface area contributed by atoms with E-state index in [-0.39, 0.29) is 17.6 Å². The minimum absolute atomic E-state index is 0.0870. The van der Waals surface area contributed by atoms with Crippen LogP contribution in [0.3, 0.4) is 0 Å². The van der Waals surface area contributed by atoms with Gasteiger partial charge in [-0.1, -0.05) is 19.4 Å². The summed E-state index contributed by atoms with van der Waals surface area (Å²) in [5.74, 6) is 0.0926. The van der Waals surface area contributed by atoms with Crippen LogP contribution >= 0.6 is 0 Å². The van der Waals surface area contributed by atoms with Crippen molar-refractivity contribution in [2.45, 2.75) is 44.9 Å². The maximum Gasteiger partial charge on any atom is 0.129 e. The molecule has 1 saturated carbocycles. The lowest BCUT2D eigenvalue weighted by molar-refractivity contribution is 0.309. The Morgan fingerprint density at radius 2 is 1.62 bits per heavy atom. The highest BCUT2D eigenvalue weighted by Gasteiger charge is 2.25. The smallest absolute Gasteiger partial charge is 0.129 e. The van der Waals surface area contributed by atoms with Gasteiger partial charge in [0.1, 0.15) is 11.6 Å². The number of hydrogen-bond donors (Lipinski definition) is 0. The molecule has 0 saturated heterocycles. The third-order valence-electron chi connectivity index (χ3n) is 3.83. The highest BCUT2D eigenvalue weighted by Crippen LogP contribution is 2.38. The predicted molar refractivity (Wildman–Crippen MR) is 61.3 cm³/mol. The van der Waals surface area contributed by atoms with Gasteiger partial charge in [0.05, 0.1) is 0 Å². The van der Waals surface area contributed by atoms with E-state index in [9.17, 15) is 8.78 Å². The Morgan fingerprint density at radius 1 is 1.06 bits per heavy atom. The Labute approximate surface area is 95.7 Å². The van der Waals surface area contributed by atoms with E-state index in [1.165, 1.54) is 24.6 Å². The van der Waals surface area contributed by atoms with Crippen molar-refractivity contribution in [1.29, 1.82) is 0 Å². The molecule has 1 aliphatic rings. The van der Waals surface area contributed by atoms with Gasteiger partial charge in [0, 0.05) is 5.56 Å². The van der Waals surface area contributed by atoms with Gasteiger partial charge in [0.15, 0.2) is 0 Å². The van der Waals surface area contributed by atoms with Crippen LogP contribution in [0, 0.1) is 17.6 Å². The summed E-state index contributed by atoms with van der Waals surface area (Å²) in [5, 5.41) is 0. The molecular formula is C14H18F2. The maximum atomic E-state index is 13.6. The first-order chi connectivity index (χ1) is 7.72. The van der Waals surface area contributed by atoms with Gasteiger partial charge in [-0.3, -0.25) is 0 Å². The minimum Gasteiger partial charge on any atom is -0.207 e. The highest BCUT2D eigenvalue weighted by atomic mass is 19.1. The van der Waals surface area contributed by atoms with Crippen LogP contribution in [-0.2, 0) is 0 Å². The molecule has 16 heavy (non-hydrogen) atoms. The molecule has 0 unspecified atom stereocenters. The average molecular weight is 224 g/mol. The van der Waals surface area contributed by atoms with E-state index in [4.69, 9.17) is 0 Å². The summed E-state index contributed by atoms with van der Waals surface area (Å²) in [4.78, 5) is 0. The second-order valence-corrected chi connectivity index (χ2v) is 4.76. The van der Waals surface area contributed by atoms with Crippen molar-refractivity contribution in [3.8, 4) is 0 Å². The van der Waals surface area contributed by atoms with Gasteiger partial charge in [0.25, 0.3) is 0 Å². The van der Waals surface area contributed by atoms with E-state index in [0.29, 0.717) is 5.56 Å². The third kappa shape index (κ3) is 2.26.